The molecule has 0 aliphatic carbocycles. The van der Waals surface area contributed by atoms with Crippen LogP contribution >= 0.6 is 47.8 Å². The summed E-state index contributed by atoms with van der Waals surface area (Å²) in [4.78, 5) is 21.8. The Morgan fingerprint density at radius 3 is 2.45 bits per heavy atom. The summed E-state index contributed by atoms with van der Waals surface area (Å²) in [6, 6.07) is 8.98. The summed E-state index contributed by atoms with van der Waals surface area (Å²) in [5.74, 6) is 0.888. The zero-order valence-electron chi connectivity index (χ0n) is 17.1. The smallest absolute Gasteiger partial charge is 0.270 e. The molecule has 0 spiro atoms. The highest BCUT2D eigenvalue weighted by molar-refractivity contribution is 9.11. The van der Waals surface area contributed by atoms with E-state index in [1.165, 1.54) is 0 Å². The molecule has 3 rings (SSSR count). The Labute approximate surface area is 206 Å². The van der Waals surface area contributed by atoms with E-state index in [9.17, 15) is 9.90 Å². The fourth-order valence-corrected chi connectivity index (χ4v) is 4.81. The summed E-state index contributed by atoms with van der Waals surface area (Å²) in [6.07, 6.45) is 2.87. The van der Waals surface area contributed by atoms with Gasteiger partial charge in [0.15, 0.2) is 0 Å². The van der Waals surface area contributed by atoms with Crippen molar-refractivity contribution in [1.82, 2.24) is 14.9 Å². The summed E-state index contributed by atoms with van der Waals surface area (Å²) >= 11 is 10.5. The summed E-state index contributed by atoms with van der Waals surface area (Å²) in [5.41, 5.74) is 2.50. The molecule has 0 saturated carbocycles. The fraction of sp³-hybridized carbons (Fsp3) is 0.273. The number of nitrogens with zero attached hydrogens (tertiary/aromatic N) is 2. The van der Waals surface area contributed by atoms with Crippen LogP contribution in [-0.2, 0) is 6.42 Å². The Hall–Kier alpha value is -1.68. The van der Waals surface area contributed by atoms with E-state index in [1.807, 2.05) is 26.2 Å². The van der Waals surface area contributed by atoms with E-state index in [0.29, 0.717) is 28.9 Å². The van der Waals surface area contributed by atoms with Crippen molar-refractivity contribution in [3.63, 3.8) is 0 Å². The van der Waals surface area contributed by atoms with E-state index in [1.54, 1.807) is 24.4 Å². The lowest BCUT2D eigenvalue weighted by molar-refractivity contribution is 0.279. The van der Waals surface area contributed by atoms with Crippen LogP contribution in [0.3, 0.4) is 0 Å². The van der Waals surface area contributed by atoms with Gasteiger partial charge in [-0.1, -0.05) is 6.07 Å². The van der Waals surface area contributed by atoms with Crippen molar-refractivity contribution in [2.75, 3.05) is 27.2 Å². The van der Waals surface area contributed by atoms with Gasteiger partial charge in [0.25, 0.3) is 5.56 Å². The molecular weight excluding hydrogens is 594 g/mol. The van der Waals surface area contributed by atoms with E-state index >= 15 is 0 Å². The first-order valence-corrected chi connectivity index (χ1v) is 12.0. The zero-order chi connectivity index (χ0) is 22.5. The molecule has 164 valence electrons. The fourth-order valence-electron chi connectivity index (χ4n) is 2.97. The first kappa shape index (κ1) is 24.0. The number of aromatic hydroxyl groups is 1. The number of rotatable bonds is 8. The lowest BCUT2D eigenvalue weighted by atomic mass is 10.1. The second-order valence-corrected chi connectivity index (χ2v) is 9.86. The van der Waals surface area contributed by atoms with Crippen LogP contribution in [0, 0.1) is 0 Å². The number of aromatic amines is 1. The van der Waals surface area contributed by atoms with E-state index in [-0.39, 0.29) is 11.3 Å². The Balaban J connectivity index is 1.83. The van der Waals surface area contributed by atoms with Crippen molar-refractivity contribution >= 4 is 47.8 Å². The van der Waals surface area contributed by atoms with Crippen molar-refractivity contribution in [3.8, 4) is 22.8 Å². The summed E-state index contributed by atoms with van der Waals surface area (Å²) in [5, 5.41) is 9.67. The minimum atomic E-state index is -0.244. The van der Waals surface area contributed by atoms with Crippen molar-refractivity contribution in [2.24, 2.45) is 0 Å². The Morgan fingerprint density at radius 2 is 1.81 bits per heavy atom. The van der Waals surface area contributed by atoms with Gasteiger partial charge in [-0.2, -0.15) is 0 Å². The van der Waals surface area contributed by atoms with Crippen molar-refractivity contribution < 1.29 is 9.84 Å². The van der Waals surface area contributed by atoms with Crippen LogP contribution in [0.4, 0.5) is 0 Å². The number of phenols is 1. The van der Waals surface area contributed by atoms with Crippen LogP contribution in [0.25, 0.3) is 11.3 Å². The lowest BCUT2D eigenvalue weighted by Crippen LogP contribution is -2.16. The van der Waals surface area contributed by atoms with Crippen molar-refractivity contribution in [2.45, 2.75) is 12.8 Å². The number of hydrogen-bond donors (Lipinski definition) is 2. The summed E-state index contributed by atoms with van der Waals surface area (Å²) in [6.45, 7) is 1.56. The Morgan fingerprint density at radius 1 is 1.10 bits per heavy atom. The largest absolute Gasteiger partial charge is 0.507 e. The van der Waals surface area contributed by atoms with Crippen LogP contribution in [0.15, 0.2) is 54.7 Å². The van der Waals surface area contributed by atoms with E-state index in [4.69, 9.17) is 4.74 Å². The highest BCUT2D eigenvalue weighted by atomic mass is 79.9. The van der Waals surface area contributed by atoms with Crippen LogP contribution in [-0.4, -0.2) is 47.2 Å². The normalized spacial score (nSPS) is 11.2. The minimum Gasteiger partial charge on any atom is -0.507 e. The predicted molar refractivity (Wildman–Crippen MR) is 133 cm³/mol. The molecule has 9 heteroatoms. The second kappa shape index (κ2) is 10.8. The molecule has 1 aromatic heterocycles. The van der Waals surface area contributed by atoms with Gasteiger partial charge >= 0.3 is 0 Å². The number of aromatic nitrogens is 2. The first-order valence-electron chi connectivity index (χ1n) is 9.57. The monoisotopic (exact) mass is 613 g/mol. The SMILES string of the molecule is CN(C)CCCOc1c(Br)cc(-c2c[nH]c(=O)c(Cc3ccc(O)c(Br)c3)n2)cc1Br. The Bertz CT molecular complexity index is 1110. The third-order valence-corrected chi connectivity index (χ3v) is 6.34. The molecule has 2 aromatic carbocycles. The van der Waals surface area contributed by atoms with Crippen molar-refractivity contribution in [1.29, 1.82) is 0 Å². The standard InChI is InChI=1S/C22H22Br3N3O3/c1-28(2)6-3-7-31-21-16(24)10-14(11-17(21)25)19-12-26-22(30)18(27-19)9-13-4-5-20(29)15(23)8-13/h4-5,8,10-12,29H,3,6-7,9H2,1-2H3,(H,26,30). The highest BCUT2D eigenvalue weighted by Crippen LogP contribution is 2.37. The molecule has 0 bridgehead atoms. The molecule has 0 atom stereocenters. The van der Waals surface area contributed by atoms with Crippen LogP contribution in [0.2, 0.25) is 0 Å². The van der Waals surface area contributed by atoms with Crippen LogP contribution in [0.5, 0.6) is 11.5 Å². The molecule has 0 fully saturated rings. The van der Waals surface area contributed by atoms with E-state index in [2.05, 4.69) is 62.7 Å². The molecule has 0 amide bonds. The number of nitrogens with one attached hydrogen (secondary N) is 1. The summed E-state index contributed by atoms with van der Waals surface area (Å²) < 4.78 is 8.11. The lowest BCUT2D eigenvalue weighted by Gasteiger charge is -2.14. The Kier molecular flexibility index (Phi) is 8.32. The van der Waals surface area contributed by atoms with Gasteiger partial charge in [0.1, 0.15) is 17.2 Å². The van der Waals surface area contributed by atoms with Gasteiger partial charge in [0, 0.05) is 24.7 Å². The summed E-state index contributed by atoms with van der Waals surface area (Å²) in [7, 11) is 4.07. The van der Waals surface area contributed by atoms with Gasteiger partial charge in [-0.05, 0) is 98.1 Å². The number of benzene rings is 2. The minimum absolute atomic E-state index is 0.151. The average molecular weight is 616 g/mol. The van der Waals surface area contributed by atoms with Gasteiger partial charge in [0.2, 0.25) is 0 Å². The van der Waals surface area contributed by atoms with Gasteiger partial charge in [-0.3, -0.25) is 4.79 Å². The van der Waals surface area contributed by atoms with Crippen LogP contribution < -0.4 is 10.3 Å². The van der Waals surface area contributed by atoms with Gasteiger partial charge in [-0.15, -0.1) is 0 Å². The number of H-pyrrole nitrogens is 1. The molecule has 0 aliphatic rings. The molecule has 1 heterocycles. The molecule has 0 unspecified atom stereocenters. The first-order chi connectivity index (χ1) is 14.7. The second-order valence-electron chi connectivity index (χ2n) is 7.30. The maximum atomic E-state index is 12.3. The number of phenolic OH excluding ortho intramolecular Hbond substituents is 1. The molecular formula is C22H22Br3N3O3. The maximum absolute atomic E-state index is 12.3. The third kappa shape index (κ3) is 6.41. The van der Waals surface area contributed by atoms with Crippen molar-refractivity contribution in [3.05, 3.63) is 71.6 Å². The quantitative estimate of drug-likeness (QED) is 0.334. The van der Waals surface area contributed by atoms with Crippen LogP contribution in [0.1, 0.15) is 17.7 Å². The number of halogens is 3. The molecule has 0 saturated heterocycles. The van der Waals surface area contributed by atoms with E-state index in [0.717, 1.165) is 38.8 Å². The van der Waals surface area contributed by atoms with Gasteiger partial charge in [0.05, 0.1) is 25.7 Å². The van der Waals surface area contributed by atoms with Gasteiger partial charge < -0.3 is 19.7 Å². The topological polar surface area (TPSA) is 78.5 Å². The maximum Gasteiger partial charge on any atom is 0.270 e. The third-order valence-electron chi connectivity index (χ3n) is 4.53. The number of hydrogen-bond acceptors (Lipinski definition) is 5. The average Bonchev–Trinajstić information content (AvgIpc) is 2.71. The molecule has 31 heavy (non-hydrogen) atoms. The molecule has 0 aliphatic heterocycles. The zero-order valence-corrected chi connectivity index (χ0v) is 21.8. The number of ether oxygens (including phenoxy) is 1. The van der Waals surface area contributed by atoms with Gasteiger partial charge in [-0.25, -0.2) is 4.98 Å². The molecule has 2 N–H and O–H groups in total. The van der Waals surface area contributed by atoms with E-state index < -0.39 is 0 Å². The predicted octanol–water partition coefficient (Wildman–Crippen LogP) is 5.35. The molecule has 0 radical (unpaired) electrons. The highest BCUT2D eigenvalue weighted by Gasteiger charge is 2.13. The molecule has 3 aromatic rings. The molecule has 6 nitrogen and oxygen atoms in total.